The van der Waals surface area contributed by atoms with Crippen molar-refractivity contribution < 1.29 is 35.8 Å². The number of hydrogen-bond acceptors (Lipinski definition) is 6. The SMILES string of the molecule is C[I-]c1ccc2nc(-c3ccc(-c4cnc(OC5CCC(CC(=O)O)CC5)nc4)nc3)[nH]c2c1. The molecular formula is C25H25IN5O3-. The second-order valence-electron chi connectivity index (χ2n) is 8.48. The topological polar surface area (TPSA) is 114 Å². The Kier molecular flexibility index (Phi) is 6.70. The fourth-order valence-electron chi connectivity index (χ4n) is 4.30. The van der Waals surface area contributed by atoms with Gasteiger partial charge in [0.2, 0.25) is 0 Å². The number of nitrogens with zero attached hydrogens (tertiary/aromatic N) is 4. The molecule has 2 N–H and O–H groups in total. The molecule has 1 aliphatic carbocycles. The number of nitrogens with one attached hydrogen (secondary N) is 1. The van der Waals surface area contributed by atoms with Crippen molar-refractivity contribution in [3.8, 4) is 28.7 Å². The Morgan fingerprint density at radius 1 is 1.06 bits per heavy atom. The van der Waals surface area contributed by atoms with E-state index in [1.165, 1.54) is 3.57 Å². The first-order chi connectivity index (χ1) is 16.6. The number of fused-ring (bicyclic) bond motifs is 1. The first-order valence-electron chi connectivity index (χ1n) is 11.2. The number of rotatable bonds is 7. The average Bonchev–Trinajstić information content (AvgIpc) is 3.29. The second-order valence-corrected chi connectivity index (χ2v) is 10.8. The first kappa shape index (κ1) is 22.7. The van der Waals surface area contributed by atoms with E-state index in [-0.39, 0.29) is 39.6 Å². The van der Waals surface area contributed by atoms with Gasteiger partial charge in [0.1, 0.15) is 6.10 Å². The summed E-state index contributed by atoms with van der Waals surface area (Å²) in [5, 5.41) is 8.95. The number of aromatic nitrogens is 5. The quantitative estimate of drug-likeness (QED) is 0.255. The Balaban J connectivity index is 1.22. The Hall–Kier alpha value is -3.08. The number of benzene rings is 1. The van der Waals surface area contributed by atoms with Gasteiger partial charge in [-0.25, -0.2) is 0 Å². The van der Waals surface area contributed by atoms with Gasteiger partial charge in [-0.2, -0.15) is 0 Å². The maximum absolute atomic E-state index is 10.9. The summed E-state index contributed by atoms with van der Waals surface area (Å²) >= 11 is 0.0443. The molecule has 1 fully saturated rings. The number of aromatic amines is 1. The van der Waals surface area contributed by atoms with E-state index in [0.717, 1.165) is 59.4 Å². The molecule has 0 radical (unpaired) electrons. The summed E-state index contributed by atoms with van der Waals surface area (Å²) in [5.74, 6) is 0.317. The van der Waals surface area contributed by atoms with E-state index in [9.17, 15) is 4.79 Å². The van der Waals surface area contributed by atoms with Crippen molar-refractivity contribution in [1.29, 1.82) is 0 Å². The van der Waals surface area contributed by atoms with E-state index < -0.39 is 5.97 Å². The zero-order chi connectivity index (χ0) is 23.5. The van der Waals surface area contributed by atoms with Crippen LogP contribution >= 0.6 is 0 Å². The van der Waals surface area contributed by atoms with Crippen LogP contribution in [-0.4, -0.2) is 47.0 Å². The van der Waals surface area contributed by atoms with Gasteiger partial charge < -0.3 is 9.84 Å². The molecule has 3 heterocycles. The number of imidazole rings is 1. The summed E-state index contributed by atoms with van der Waals surface area (Å²) in [7, 11) is 0. The fourth-order valence-corrected chi connectivity index (χ4v) is 5.46. The van der Waals surface area contributed by atoms with Crippen LogP contribution in [0.1, 0.15) is 32.1 Å². The normalized spacial score (nSPS) is 18.3. The summed E-state index contributed by atoms with van der Waals surface area (Å²) in [6.45, 7) is 0. The van der Waals surface area contributed by atoms with Gasteiger partial charge in [0.05, 0.1) is 0 Å². The molecule has 0 saturated heterocycles. The molecule has 0 atom stereocenters. The third-order valence-electron chi connectivity index (χ3n) is 6.15. The van der Waals surface area contributed by atoms with Crippen LogP contribution in [0.15, 0.2) is 48.9 Å². The number of H-pyrrole nitrogens is 1. The van der Waals surface area contributed by atoms with Crippen LogP contribution in [0, 0.1) is 9.49 Å². The molecule has 3 aromatic heterocycles. The monoisotopic (exact) mass is 570 g/mol. The van der Waals surface area contributed by atoms with Gasteiger partial charge in [0, 0.05) is 6.42 Å². The van der Waals surface area contributed by atoms with Gasteiger partial charge in [-0.1, -0.05) is 0 Å². The molecular weight excluding hydrogens is 545 g/mol. The van der Waals surface area contributed by atoms with Crippen LogP contribution < -0.4 is 25.9 Å². The van der Waals surface area contributed by atoms with Crippen LogP contribution in [0.2, 0.25) is 0 Å². The minimum atomic E-state index is -0.728. The van der Waals surface area contributed by atoms with E-state index in [0.29, 0.717) is 6.01 Å². The molecule has 1 saturated carbocycles. The van der Waals surface area contributed by atoms with Crippen molar-refractivity contribution in [1.82, 2.24) is 24.9 Å². The van der Waals surface area contributed by atoms with Gasteiger partial charge in [-0.15, -0.1) is 0 Å². The molecule has 4 aromatic rings. The van der Waals surface area contributed by atoms with Crippen molar-refractivity contribution in [2.75, 3.05) is 4.93 Å². The molecule has 176 valence electrons. The number of carboxylic acids is 1. The standard InChI is InChI=1S/C25H25IN5O3/c1-26-18-5-9-21-22(11-18)31-24(30-21)16-4-8-20(27-12-16)17-13-28-25(29-14-17)34-19-6-2-15(3-7-19)10-23(32)33/h4-5,8-9,11-15,19H,2-3,6-7,10H2,1H3,(H,30,31)(H,32,33)/q-1. The van der Waals surface area contributed by atoms with Crippen molar-refractivity contribution in [2.45, 2.75) is 38.2 Å². The number of carbonyl (C=O) groups is 1. The molecule has 5 rings (SSSR count). The summed E-state index contributed by atoms with van der Waals surface area (Å²) in [5.41, 5.74) is 4.52. The summed E-state index contributed by atoms with van der Waals surface area (Å²) in [6, 6.07) is 10.7. The number of aliphatic carboxylic acids is 1. The number of carboxylic acid groups (broad SMARTS) is 1. The molecule has 0 unspecified atom stereocenters. The first-order valence-corrected chi connectivity index (χ1v) is 14.5. The van der Waals surface area contributed by atoms with Crippen LogP contribution in [0.3, 0.4) is 0 Å². The second kappa shape index (κ2) is 10.0. The molecule has 8 nitrogen and oxygen atoms in total. The zero-order valence-corrected chi connectivity index (χ0v) is 20.9. The molecule has 1 aliphatic rings. The van der Waals surface area contributed by atoms with Gasteiger partial charge in [-0.3, -0.25) is 4.79 Å². The van der Waals surface area contributed by atoms with Crippen molar-refractivity contribution in [3.63, 3.8) is 0 Å². The number of halogens is 1. The van der Waals surface area contributed by atoms with E-state index in [1.54, 1.807) is 18.6 Å². The Labute approximate surface area is 207 Å². The summed E-state index contributed by atoms with van der Waals surface area (Å²) in [4.78, 5) is 34.5. The van der Waals surface area contributed by atoms with E-state index in [1.807, 2.05) is 12.1 Å². The third-order valence-corrected chi connectivity index (χ3v) is 8.07. The minimum absolute atomic E-state index is 0.0346. The Morgan fingerprint density at radius 2 is 1.82 bits per heavy atom. The van der Waals surface area contributed by atoms with Crippen LogP contribution in [0.5, 0.6) is 6.01 Å². The third kappa shape index (κ3) is 5.19. The molecule has 1 aromatic carbocycles. The van der Waals surface area contributed by atoms with Gasteiger partial charge in [0.15, 0.2) is 0 Å². The number of alkyl halides is 1. The van der Waals surface area contributed by atoms with Gasteiger partial charge in [-0.05, 0) is 31.6 Å². The van der Waals surface area contributed by atoms with Crippen LogP contribution in [-0.2, 0) is 4.79 Å². The number of hydrogen-bond donors (Lipinski definition) is 2. The molecule has 0 spiro atoms. The van der Waals surface area contributed by atoms with Crippen molar-refractivity contribution in [3.05, 3.63) is 52.5 Å². The van der Waals surface area contributed by atoms with Crippen LogP contribution in [0.4, 0.5) is 0 Å². The molecule has 34 heavy (non-hydrogen) atoms. The average molecular weight is 570 g/mol. The van der Waals surface area contributed by atoms with Gasteiger partial charge in [0.25, 0.3) is 0 Å². The predicted octanol–water partition coefficient (Wildman–Crippen LogP) is 1.38. The fraction of sp³-hybridized carbons (Fsp3) is 0.320. The maximum atomic E-state index is 10.9. The summed E-state index contributed by atoms with van der Waals surface area (Å²) in [6.07, 6.45) is 8.89. The van der Waals surface area contributed by atoms with Crippen molar-refractivity contribution >= 4 is 17.0 Å². The van der Waals surface area contributed by atoms with E-state index in [4.69, 9.17) is 14.8 Å². The molecule has 0 amide bonds. The molecule has 0 aliphatic heterocycles. The van der Waals surface area contributed by atoms with Crippen LogP contribution in [0.25, 0.3) is 33.7 Å². The molecule has 9 heteroatoms. The van der Waals surface area contributed by atoms with E-state index in [2.05, 4.69) is 43.1 Å². The summed E-state index contributed by atoms with van der Waals surface area (Å²) < 4.78 is 7.30. The Morgan fingerprint density at radius 3 is 2.50 bits per heavy atom. The predicted molar refractivity (Wildman–Crippen MR) is 124 cm³/mol. The Bertz CT molecular complexity index is 1280. The number of pyridine rings is 1. The van der Waals surface area contributed by atoms with Gasteiger partial charge >= 0.3 is 149 Å². The van der Waals surface area contributed by atoms with Crippen molar-refractivity contribution in [2.24, 2.45) is 5.92 Å². The molecule has 0 bridgehead atoms. The zero-order valence-electron chi connectivity index (χ0n) is 18.7. The number of ether oxygens (including phenoxy) is 1. The van der Waals surface area contributed by atoms with E-state index >= 15 is 0 Å².